The summed E-state index contributed by atoms with van der Waals surface area (Å²) in [7, 11) is 0. The van der Waals surface area contributed by atoms with Crippen LogP contribution in [0.25, 0.3) is 0 Å². The van der Waals surface area contributed by atoms with Crippen LogP contribution in [0.2, 0.25) is 0 Å². The highest BCUT2D eigenvalue weighted by atomic mass is 32.1. The van der Waals surface area contributed by atoms with E-state index in [1.54, 1.807) is 0 Å². The van der Waals surface area contributed by atoms with Crippen LogP contribution in [0, 0.1) is 12.8 Å². The molecule has 0 saturated heterocycles. The van der Waals surface area contributed by atoms with E-state index in [9.17, 15) is 0 Å². The Hall–Kier alpha value is -0.380. The zero-order chi connectivity index (χ0) is 11.4. The third-order valence-electron chi connectivity index (χ3n) is 3.04. The molecular weight excluding hydrogens is 218 g/mol. The molecule has 2 rings (SSSR count). The largest absolute Gasteiger partial charge is 0.380 e. The second-order valence-corrected chi connectivity index (χ2v) is 5.61. The number of rotatable bonds is 7. The molecule has 0 bridgehead atoms. The minimum atomic E-state index is 0.449. The van der Waals surface area contributed by atoms with E-state index in [4.69, 9.17) is 4.74 Å². The molecule has 1 atom stereocenters. The van der Waals surface area contributed by atoms with Crippen molar-refractivity contribution < 1.29 is 4.74 Å². The van der Waals surface area contributed by atoms with Crippen LogP contribution in [-0.4, -0.2) is 19.8 Å². The summed E-state index contributed by atoms with van der Waals surface area (Å²) in [6.45, 7) is 7.15. The van der Waals surface area contributed by atoms with Gasteiger partial charge in [0.1, 0.15) is 0 Å². The van der Waals surface area contributed by atoms with Crippen molar-refractivity contribution in [2.45, 2.75) is 32.7 Å². The highest BCUT2D eigenvalue weighted by Gasteiger charge is 2.20. The first-order valence-electron chi connectivity index (χ1n) is 6.12. The van der Waals surface area contributed by atoms with Gasteiger partial charge in [0, 0.05) is 24.1 Å². The van der Waals surface area contributed by atoms with Crippen molar-refractivity contribution in [3.05, 3.63) is 21.9 Å². The molecule has 1 aromatic heterocycles. The van der Waals surface area contributed by atoms with E-state index in [0.717, 1.165) is 25.7 Å². The Morgan fingerprint density at radius 2 is 2.38 bits per heavy atom. The summed E-state index contributed by atoms with van der Waals surface area (Å²) in [5.74, 6) is 0.872. The van der Waals surface area contributed by atoms with Crippen molar-refractivity contribution in [1.82, 2.24) is 5.32 Å². The molecule has 0 radical (unpaired) electrons. The fraction of sp³-hybridized carbons (Fsp3) is 0.692. The van der Waals surface area contributed by atoms with Gasteiger partial charge in [0.2, 0.25) is 0 Å². The van der Waals surface area contributed by atoms with Gasteiger partial charge in [-0.1, -0.05) is 0 Å². The Kier molecular flexibility index (Phi) is 4.38. The van der Waals surface area contributed by atoms with Crippen LogP contribution in [0.1, 0.15) is 36.2 Å². The molecular formula is C13H21NOS. The van der Waals surface area contributed by atoms with Crippen LogP contribution in [0.4, 0.5) is 0 Å². The molecule has 2 nitrogen and oxygen atoms in total. The second-order valence-electron chi connectivity index (χ2n) is 4.66. The van der Waals surface area contributed by atoms with Crippen molar-refractivity contribution in [2.24, 2.45) is 5.92 Å². The molecule has 1 aromatic rings. The Morgan fingerprint density at radius 3 is 3.00 bits per heavy atom. The molecule has 0 spiro atoms. The Morgan fingerprint density at radius 1 is 1.56 bits per heavy atom. The maximum absolute atomic E-state index is 5.60. The van der Waals surface area contributed by atoms with Gasteiger partial charge in [-0.05, 0) is 49.6 Å². The summed E-state index contributed by atoms with van der Waals surface area (Å²) in [4.78, 5) is 1.45. The normalized spacial score (nSPS) is 17.6. The molecule has 1 aliphatic rings. The van der Waals surface area contributed by atoms with Crippen molar-refractivity contribution in [3.63, 3.8) is 0 Å². The lowest BCUT2D eigenvalue weighted by Crippen LogP contribution is -2.23. The Bertz CT molecular complexity index is 319. The lowest BCUT2D eigenvalue weighted by atomic mass is 10.2. The molecule has 0 aromatic carbocycles. The summed E-state index contributed by atoms with van der Waals surface area (Å²) in [6, 6.07) is 2.63. The highest BCUT2D eigenvalue weighted by Crippen LogP contribution is 2.28. The van der Waals surface area contributed by atoms with E-state index in [2.05, 4.69) is 30.6 Å². The number of aryl methyl sites for hydroxylation is 1. The van der Waals surface area contributed by atoms with E-state index in [-0.39, 0.29) is 0 Å². The molecule has 3 heteroatoms. The van der Waals surface area contributed by atoms with Gasteiger partial charge in [-0.15, -0.1) is 11.3 Å². The molecule has 0 aliphatic heterocycles. The molecule has 16 heavy (non-hydrogen) atoms. The number of nitrogens with one attached hydrogen (secondary N) is 1. The lowest BCUT2D eigenvalue weighted by molar-refractivity contribution is 0.124. The zero-order valence-corrected chi connectivity index (χ0v) is 11.0. The predicted molar refractivity (Wildman–Crippen MR) is 69.0 cm³/mol. The maximum atomic E-state index is 5.60. The van der Waals surface area contributed by atoms with Gasteiger partial charge in [-0.3, -0.25) is 0 Å². The molecule has 1 N–H and O–H groups in total. The monoisotopic (exact) mass is 239 g/mol. The van der Waals surface area contributed by atoms with Gasteiger partial charge >= 0.3 is 0 Å². The van der Waals surface area contributed by atoms with Crippen molar-refractivity contribution in [1.29, 1.82) is 0 Å². The van der Waals surface area contributed by atoms with Gasteiger partial charge < -0.3 is 10.1 Å². The first kappa shape index (κ1) is 12.1. The maximum Gasteiger partial charge on any atom is 0.0591 e. The first-order chi connectivity index (χ1) is 7.77. The van der Waals surface area contributed by atoms with E-state index >= 15 is 0 Å². The summed E-state index contributed by atoms with van der Waals surface area (Å²) >= 11 is 1.83. The third-order valence-corrected chi connectivity index (χ3v) is 4.24. The Labute approximate surface area is 102 Å². The molecule has 1 fully saturated rings. The average molecular weight is 239 g/mol. The second kappa shape index (κ2) is 5.80. The van der Waals surface area contributed by atoms with Gasteiger partial charge in [0.15, 0.2) is 0 Å². The lowest BCUT2D eigenvalue weighted by Gasteiger charge is -2.13. The zero-order valence-electron chi connectivity index (χ0n) is 10.2. The quantitative estimate of drug-likeness (QED) is 0.738. The minimum absolute atomic E-state index is 0.449. The van der Waals surface area contributed by atoms with Crippen LogP contribution in [0.15, 0.2) is 11.4 Å². The van der Waals surface area contributed by atoms with Crippen molar-refractivity contribution in [2.75, 3.05) is 19.8 Å². The predicted octanol–water partition coefficient (Wildman–Crippen LogP) is 3.13. The number of thiophene rings is 1. The fourth-order valence-corrected chi connectivity index (χ4v) is 2.76. The van der Waals surface area contributed by atoms with Crippen molar-refractivity contribution >= 4 is 11.3 Å². The first-order valence-corrected chi connectivity index (χ1v) is 7.00. The summed E-state index contributed by atoms with van der Waals surface area (Å²) in [6.07, 6.45) is 2.75. The van der Waals surface area contributed by atoms with Gasteiger partial charge in [-0.2, -0.15) is 0 Å². The fourth-order valence-electron chi connectivity index (χ4n) is 1.80. The van der Waals surface area contributed by atoms with Gasteiger partial charge in [0.25, 0.3) is 0 Å². The number of ether oxygens (including phenoxy) is 1. The minimum Gasteiger partial charge on any atom is -0.380 e. The van der Waals surface area contributed by atoms with Crippen LogP contribution in [0.5, 0.6) is 0 Å². The van der Waals surface area contributed by atoms with E-state index in [1.165, 1.54) is 23.3 Å². The summed E-state index contributed by atoms with van der Waals surface area (Å²) in [5.41, 5.74) is 1.39. The summed E-state index contributed by atoms with van der Waals surface area (Å²) in [5, 5.41) is 5.66. The van der Waals surface area contributed by atoms with E-state index < -0.39 is 0 Å². The summed E-state index contributed by atoms with van der Waals surface area (Å²) < 4.78 is 5.60. The third kappa shape index (κ3) is 3.58. The number of hydrogen-bond acceptors (Lipinski definition) is 3. The standard InChI is InChI=1S/C13H21NOS/c1-10-5-8-16-13(10)11(2)14-6-7-15-9-12-3-4-12/h5,8,11-12,14H,3-4,6-7,9H2,1-2H3. The van der Waals surface area contributed by atoms with Crippen molar-refractivity contribution in [3.8, 4) is 0 Å². The molecule has 0 amide bonds. The van der Waals surface area contributed by atoms with Gasteiger partial charge in [0.05, 0.1) is 6.61 Å². The Balaban J connectivity index is 1.59. The highest BCUT2D eigenvalue weighted by molar-refractivity contribution is 7.10. The molecule has 1 heterocycles. The molecule has 1 saturated carbocycles. The van der Waals surface area contributed by atoms with E-state index in [1.807, 2.05) is 11.3 Å². The smallest absolute Gasteiger partial charge is 0.0591 e. The van der Waals surface area contributed by atoms with Crippen LogP contribution < -0.4 is 5.32 Å². The SMILES string of the molecule is Cc1ccsc1C(C)NCCOCC1CC1. The van der Waals surface area contributed by atoms with Crippen LogP contribution >= 0.6 is 11.3 Å². The molecule has 1 aliphatic carbocycles. The average Bonchev–Trinajstić information content (AvgIpc) is 2.99. The molecule has 90 valence electrons. The van der Waals surface area contributed by atoms with Crippen LogP contribution in [-0.2, 0) is 4.74 Å². The molecule has 1 unspecified atom stereocenters. The number of hydrogen-bond donors (Lipinski definition) is 1. The van der Waals surface area contributed by atoms with Gasteiger partial charge in [-0.25, -0.2) is 0 Å². The topological polar surface area (TPSA) is 21.3 Å². The van der Waals surface area contributed by atoms with Crippen LogP contribution in [0.3, 0.4) is 0 Å². The van der Waals surface area contributed by atoms with E-state index in [0.29, 0.717) is 6.04 Å².